The van der Waals surface area contributed by atoms with Crippen molar-refractivity contribution in [1.82, 2.24) is 10.2 Å². The van der Waals surface area contributed by atoms with Gasteiger partial charge in [0.1, 0.15) is 6.04 Å². The Balaban J connectivity index is 3.13. The minimum atomic E-state index is -3.88. The summed E-state index contributed by atoms with van der Waals surface area (Å²) in [5.41, 5.74) is 1.50. The fraction of sp³-hybridized carbons (Fsp3) is 0.417. The minimum Gasteiger partial charge on any atom is -0.289 e. The van der Waals surface area contributed by atoms with Gasteiger partial charge in [-0.3, -0.25) is 10.0 Å². The molecule has 0 saturated heterocycles. The van der Waals surface area contributed by atoms with Gasteiger partial charge in [0.2, 0.25) is 10.0 Å². The number of amides is 1. The summed E-state index contributed by atoms with van der Waals surface area (Å²) in [6.07, 6.45) is 1.76. The molecule has 0 bridgehead atoms. The predicted octanol–water partition coefficient (Wildman–Crippen LogP) is 1.74. The third kappa shape index (κ3) is 4.68. The van der Waals surface area contributed by atoms with Crippen molar-refractivity contribution in [2.24, 2.45) is 0 Å². The van der Waals surface area contributed by atoms with E-state index in [1.165, 1.54) is 29.4 Å². The molecule has 0 spiro atoms. The number of hydroxylamine groups is 1. The number of hydrogen-bond acceptors (Lipinski definition) is 5. The lowest BCUT2D eigenvalue weighted by Crippen LogP contribution is -2.55. The number of benzene rings is 1. The highest BCUT2D eigenvalue weighted by molar-refractivity contribution is 9.10. The van der Waals surface area contributed by atoms with Crippen molar-refractivity contribution in [3.8, 4) is 0 Å². The van der Waals surface area contributed by atoms with Crippen molar-refractivity contribution >= 4 is 43.6 Å². The van der Waals surface area contributed by atoms with Gasteiger partial charge in [0, 0.05) is 9.22 Å². The van der Waals surface area contributed by atoms with E-state index in [0.717, 1.165) is 4.47 Å². The number of sulfonamides is 1. The van der Waals surface area contributed by atoms with Crippen LogP contribution in [0.4, 0.5) is 0 Å². The van der Waals surface area contributed by atoms with Gasteiger partial charge in [0.25, 0.3) is 5.91 Å². The lowest BCUT2D eigenvalue weighted by Gasteiger charge is -2.31. The summed E-state index contributed by atoms with van der Waals surface area (Å²) in [6, 6.07) is 4.91. The van der Waals surface area contributed by atoms with Crippen LogP contribution in [0.15, 0.2) is 33.6 Å². The van der Waals surface area contributed by atoms with E-state index in [0.29, 0.717) is 0 Å². The van der Waals surface area contributed by atoms with Crippen molar-refractivity contribution in [3.05, 3.63) is 28.7 Å². The molecule has 0 saturated carbocycles. The summed E-state index contributed by atoms with van der Waals surface area (Å²) in [5.74, 6) is -0.810. The largest absolute Gasteiger partial charge is 0.289 e. The summed E-state index contributed by atoms with van der Waals surface area (Å²) in [6.45, 7) is 3.42. The Morgan fingerprint density at radius 3 is 2.29 bits per heavy atom. The van der Waals surface area contributed by atoms with Crippen LogP contribution in [0.2, 0.25) is 0 Å². The fourth-order valence-corrected chi connectivity index (χ4v) is 3.61. The average molecular weight is 397 g/mol. The topological polar surface area (TPSA) is 95.5 Å². The van der Waals surface area contributed by atoms with Crippen LogP contribution in [0.1, 0.15) is 13.8 Å². The van der Waals surface area contributed by atoms with Gasteiger partial charge in [-0.1, -0.05) is 15.9 Å². The van der Waals surface area contributed by atoms with E-state index in [1.807, 2.05) is 0 Å². The summed E-state index contributed by atoms with van der Waals surface area (Å²) < 4.78 is 27.0. The number of hydrogen-bond donors (Lipinski definition) is 3. The number of halogens is 1. The van der Waals surface area contributed by atoms with Crippen LogP contribution in [-0.4, -0.2) is 36.6 Å². The molecule has 0 aromatic heterocycles. The molecule has 0 aliphatic heterocycles. The Morgan fingerprint density at radius 1 is 1.33 bits per heavy atom. The van der Waals surface area contributed by atoms with Gasteiger partial charge in [-0.05, 0) is 44.4 Å². The number of carbonyl (C=O) groups excluding carboxylic acids is 1. The van der Waals surface area contributed by atoms with Gasteiger partial charge in [-0.15, -0.1) is 0 Å². The molecule has 0 radical (unpaired) electrons. The van der Waals surface area contributed by atoms with Crippen molar-refractivity contribution in [1.29, 1.82) is 0 Å². The molecular formula is C12H17BrN2O4S2. The maximum Gasteiger partial charge on any atom is 0.262 e. The maximum absolute atomic E-state index is 12.3. The standard InChI is InChI=1S/C12H17BrN2O4S2/c1-12(2,20-3)10(11(16)14-17)15-21(18,19)9-6-4-8(13)5-7-9/h4-7,10,15,17H,1-3H3,(H,14,16). The second-order valence-electron chi connectivity index (χ2n) is 4.79. The van der Waals surface area contributed by atoms with Crippen LogP contribution >= 0.6 is 27.7 Å². The molecule has 0 aliphatic rings. The van der Waals surface area contributed by atoms with Gasteiger partial charge < -0.3 is 0 Å². The molecule has 118 valence electrons. The van der Waals surface area contributed by atoms with E-state index in [2.05, 4.69) is 20.7 Å². The molecule has 0 aliphatic carbocycles. The van der Waals surface area contributed by atoms with Crippen molar-refractivity contribution in [2.45, 2.75) is 29.5 Å². The van der Waals surface area contributed by atoms with Crippen molar-refractivity contribution in [3.63, 3.8) is 0 Å². The molecule has 1 amide bonds. The van der Waals surface area contributed by atoms with Crippen molar-refractivity contribution < 1.29 is 18.4 Å². The zero-order chi connectivity index (χ0) is 16.3. The highest BCUT2D eigenvalue weighted by Crippen LogP contribution is 2.27. The van der Waals surface area contributed by atoms with Gasteiger partial charge in [0.15, 0.2) is 0 Å². The molecule has 1 atom stereocenters. The van der Waals surface area contributed by atoms with Crippen molar-refractivity contribution in [2.75, 3.05) is 6.26 Å². The lowest BCUT2D eigenvalue weighted by atomic mass is 10.0. The third-order valence-electron chi connectivity index (χ3n) is 2.99. The maximum atomic E-state index is 12.3. The first-order valence-electron chi connectivity index (χ1n) is 5.91. The average Bonchev–Trinajstić information content (AvgIpc) is 2.44. The van der Waals surface area contributed by atoms with Gasteiger partial charge in [0.05, 0.1) is 4.90 Å². The monoisotopic (exact) mass is 396 g/mol. The first-order valence-corrected chi connectivity index (χ1v) is 9.41. The van der Waals surface area contributed by atoms with E-state index in [9.17, 15) is 13.2 Å². The Morgan fingerprint density at radius 2 is 1.86 bits per heavy atom. The van der Waals surface area contributed by atoms with Crippen LogP contribution in [0, 0.1) is 0 Å². The molecule has 1 unspecified atom stereocenters. The summed E-state index contributed by atoms with van der Waals surface area (Å²) >= 11 is 4.54. The fourth-order valence-electron chi connectivity index (χ4n) is 1.53. The zero-order valence-corrected chi connectivity index (χ0v) is 15.0. The SMILES string of the molecule is CSC(C)(C)C(NS(=O)(=O)c1ccc(Br)cc1)C(=O)NO. The quantitative estimate of drug-likeness (QED) is 0.502. The molecule has 3 N–H and O–H groups in total. The number of thioether (sulfide) groups is 1. The molecule has 1 aromatic carbocycles. The van der Waals surface area contributed by atoms with E-state index >= 15 is 0 Å². The first-order chi connectivity index (χ1) is 9.64. The Bertz CT molecular complexity index is 602. The van der Waals surface area contributed by atoms with Crippen LogP contribution in [0.5, 0.6) is 0 Å². The second-order valence-corrected chi connectivity index (χ2v) is 8.88. The Labute approximate surface area is 136 Å². The number of carbonyl (C=O) groups is 1. The zero-order valence-electron chi connectivity index (χ0n) is 11.8. The van der Waals surface area contributed by atoms with Crippen LogP contribution in [-0.2, 0) is 14.8 Å². The molecule has 1 aromatic rings. The lowest BCUT2D eigenvalue weighted by molar-refractivity contribution is -0.131. The van der Waals surface area contributed by atoms with E-state index < -0.39 is 26.7 Å². The molecular weight excluding hydrogens is 380 g/mol. The second kappa shape index (κ2) is 7.10. The molecule has 21 heavy (non-hydrogen) atoms. The third-order valence-corrected chi connectivity index (χ3v) is 6.25. The molecule has 9 heteroatoms. The predicted molar refractivity (Wildman–Crippen MR) is 85.8 cm³/mol. The van der Waals surface area contributed by atoms with Crippen LogP contribution in [0.25, 0.3) is 0 Å². The van der Waals surface area contributed by atoms with Crippen LogP contribution in [0.3, 0.4) is 0 Å². The molecule has 1 rings (SSSR count). The molecule has 0 fully saturated rings. The smallest absolute Gasteiger partial charge is 0.262 e. The normalized spacial score (nSPS) is 13.8. The van der Waals surface area contributed by atoms with Gasteiger partial charge in [-0.25, -0.2) is 13.9 Å². The Kier molecular flexibility index (Phi) is 6.23. The van der Waals surface area contributed by atoms with E-state index in [4.69, 9.17) is 5.21 Å². The first kappa shape index (κ1) is 18.4. The highest BCUT2D eigenvalue weighted by atomic mass is 79.9. The number of nitrogens with one attached hydrogen (secondary N) is 2. The van der Waals surface area contributed by atoms with Gasteiger partial charge >= 0.3 is 0 Å². The Hall–Kier alpha value is -0.610. The van der Waals surface area contributed by atoms with Gasteiger partial charge in [-0.2, -0.15) is 16.5 Å². The highest BCUT2D eigenvalue weighted by Gasteiger charge is 2.38. The number of rotatable bonds is 6. The van der Waals surface area contributed by atoms with E-state index in [1.54, 1.807) is 32.2 Å². The summed E-state index contributed by atoms with van der Waals surface area (Å²) in [4.78, 5) is 11.8. The summed E-state index contributed by atoms with van der Waals surface area (Å²) in [7, 11) is -3.88. The summed E-state index contributed by atoms with van der Waals surface area (Å²) in [5, 5.41) is 8.82. The molecule has 6 nitrogen and oxygen atoms in total. The minimum absolute atomic E-state index is 0.0401. The van der Waals surface area contributed by atoms with E-state index in [-0.39, 0.29) is 4.90 Å². The van der Waals surface area contributed by atoms with Crippen LogP contribution < -0.4 is 10.2 Å². The molecule has 0 heterocycles.